The Morgan fingerprint density at radius 1 is 1.11 bits per heavy atom. The Morgan fingerprint density at radius 2 is 1.83 bits per heavy atom. The molecular weight excluding hydrogens is 524 g/mol. The van der Waals surface area contributed by atoms with Crippen LogP contribution in [0, 0.1) is 28.6 Å². The Morgan fingerprint density at radius 3 is 2.53 bits per heavy atom. The highest BCUT2D eigenvalue weighted by atomic mass is 79.9. The van der Waals surface area contributed by atoms with E-state index in [1.807, 2.05) is 31.2 Å². The molecule has 4 aliphatic rings. The van der Waals surface area contributed by atoms with Crippen LogP contribution in [0.4, 0.5) is 0 Å². The van der Waals surface area contributed by atoms with Crippen LogP contribution >= 0.6 is 15.9 Å². The zero-order valence-electron chi connectivity index (χ0n) is 21.0. The van der Waals surface area contributed by atoms with Gasteiger partial charge in [-0.05, 0) is 85.5 Å². The van der Waals surface area contributed by atoms with Gasteiger partial charge >= 0.3 is 5.97 Å². The van der Waals surface area contributed by atoms with Crippen molar-refractivity contribution in [2.75, 3.05) is 6.61 Å². The Bertz CT molecular complexity index is 1110. The molecule has 0 saturated heterocycles. The van der Waals surface area contributed by atoms with Gasteiger partial charge in [-0.3, -0.25) is 14.4 Å². The zero-order valence-corrected chi connectivity index (χ0v) is 22.6. The molecule has 5 rings (SSSR count). The van der Waals surface area contributed by atoms with Gasteiger partial charge in [-0.15, -0.1) is 0 Å². The highest BCUT2D eigenvalue weighted by molar-refractivity contribution is 9.10. The largest absolute Gasteiger partial charge is 0.450 e. The first-order valence-electron chi connectivity index (χ1n) is 13.1. The van der Waals surface area contributed by atoms with Crippen LogP contribution in [-0.4, -0.2) is 46.1 Å². The van der Waals surface area contributed by atoms with E-state index in [0.29, 0.717) is 25.7 Å². The summed E-state index contributed by atoms with van der Waals surface area (Å²) in [5.41, 5.74) is -0.527. The lowest BCUT2D eigenvalue weighted by Gasteiger charge is -2.60. The van der Waals surface area contributed by atoms with Crippen molar-refractivity contribution in [3.05, 3.63) is 46.0 Å². The molecule has 194 valence electrons. The van der Waals surface area contributed by atoms with Gasteiger partial charge in [0.05, 0.1) is 12.5 Å². The fourth-order valence-corrected chi connectivity index (χ4v) is 8.75. The Hall–Kier alpha value is -1.83. The molecular formula is C29H35BrO6. The van der Waals surface area contributed by atoms with Crippen LogP contribution in [-0.2, 0) is 25.5 Å². The van der Waals surface area contributed by atoms with Gasteiger partial charge < -0.3 is 14.9 Å². The number of hydrogen-bond acceptors (Lipinski definition) is 6. The van der Waals surface area contributed by atoms with E-state index < -0.39 is 35.5 Å². The lowest BCUT2D eigenvalue weighted by Crippen LogP contribution is -2.63. The summed E-state index contributed by atoms with van der Waals surface area (Å²) in [5, 5.41) is 21.6. The van der Waals surface area contributed by atoms with Crippen LogP contribution in [0.3, 0.4) is 0 Å². The van der Waals surface area contributed by atoms with Crippen LogP contribution in [0.25, 0.3) is 0 Å². The normalized spacial score (nSPS) is 39.5. The molecule has 0 unspecified atom stereocenters. The van der Waals surface area contributed by atoms with E-state index in [-0.39, 0.29) is 35.4 Å². The molecule has 6 nitrogen and oxygen atoms in total. The van der Waals surface area contributed by atoms with Crippen LogP contribution in [0.1, 0.15) is 64.4 Å². The van der Waals surface area contributed by atoms with Crippen molar-refractivity contribution >= 4 is 33.5 Å². The minimum absolute atomic E-state index is 0.00201. The van der Waals surface area contributed by atoms with Crippen LogP contribution in [0.2, 0.25) is 0 Å². The third-order valence-corrected chi connectivity index (χ3v) is 10.7. The Balaban J connectivity index is 1.46. The molecule has 0 spiro atoms. The number of allylic oxidation sites excluding steroid dienone is 1. The number of aliphatic hydroxyl groups excluding tert-OH is 2. The van der Waals surface area contributed by atoms with Gasteiger partial charge in [-0.2, -0.15) is 0 Å². The molecule has 0 radical (unpaired) electrons. The second-order valence-electron chi connectivity index (χ2n) is 11.8. The SMILES string of the molecule is C[C@]12CCC(=O)C=C1CC[C@@H]1[C@@H]2[C@@H](O)C[C@@]2(C)[C@H]1CC[C@]2(OC(=O)Cc1ccc(Br)cc1)C(=O)CO. The molecule has 1 aromatic rings. The van der Waals surface area contributed by atoms with Crippen molar-refractivity contribution in [2.45, 2.75) is 76.9 Å². The zero-order chi connectivity index (χ0) is 25.9. The maximum Gasteiger partial charge on any atom is 0.311 e. The number of fused-ring (bicyclic) bond motifs is 5. The molecule has 0 amide bonds. The van der Waals surface area contributed by atoms with Gasteiger partial charge in [0.25, 0.3) is 0 Å². The molecule has 3 fully saturated rings. The number of hydrogen-bond donors (Lipinski definition) is 2. The minimum Gasteiger partial charge on any atom is -0.450 e. The summed E-state index contributed by atoms with van der Waals surface area (Å²) in [6.45, 7) is 3.46. The smallest absolute Gasteiger partial charge is 0.311 e. The molecule has 7 heteroatoms. The third-order valence-electron chi connectivity index (χ3n) is 10.2. The van der Waals surface area contributed by atoms with Crippen molar-refractivity contribution in [2.24, 2.45) is 28.6 Å². The summed E-state index contributed by atoms with van der Waals surface area (Å²) in [6.07, 6.45) is 5.42. The monoisotopic (exact) mass is 558 g/mol. The summed E-state index contributed by atoms with van der Waals surface area (Å²) in [5.74, 6) is -0.563. The van der Waals surface area contributed by atoms with E-state index in [1.165, 1.54) is 0 Å². The van der Waals surface area contributed by atoms with Gasteiger partial charge in [-0.1, -0.05) is 47.5 Å². The Kier molecular flexibility index (Phi) is 6.58. The minimum atomic E-state index is -1.45. The third kappa shape index (κ3) is 3.84. The first kappa shape index (κ1) is 25.8. The second-order valence-corrected chi connectivity index (χ2v) is 12.7. The van der Waals surface area contributed by atoms with E-state index in [4.69, 9.17) is 4.74 Å². The average molecular weight is 559 g/mol. The number of carbonyl (C=O) groups is 3. The van der Waals surface area contributed by atoms with Gasteiger partial charge in [0.1, 0.15) is 6.61 Å². The molecule has 0 bridgehead atoms. The maximum absolute atomic E-state index is 13.4. The van der Waals surface area contributed by atoms with Crippen molar-refractivity contribution in [1.29, 1.82) is 0 Å². The van der Waals surface area contributed by atoms with E-state index in [1.54, 1.807) is 6.08 Å². The summed E-state index contributed by atoms with van der Waals surface area (Å²) in [7, 11) is 0. The predicted octanol–water partition coefficient (Wildman–Crippen LogP) is 4.34. The molecule has 1 aromatic carbocycles. The summed E-state index contributed by atoms with van der Waals surface area (Å²) >= 11 is 3.39. The predicted molar refractivity (Wildman–Crippen MR) is 137 cm³/mol. The average Bonchev–Trinajstić information content (AvgIpc) is 3.12. The highest BCUT2D eigenvalue weighted by Crippen LogP contribution is 2.68. The molecule has 0 aromatic heterocycles. The number of halogens is 1. The van der Waals surface area contributed by atoms with Crippen LogP contribution in [0.15, 0.2) is 40.4 Å². The molecule has 0 aliphatic heterocycles. The van der Waals surface area contributed by atoms with E-state index in [2.05, 4.69) is 22.9 Å². The number of carbonyl (C=O) groups excluding carboxylic acids is 3. The van der Waals surface area contributed by atoms with Crippen molar-refractivity contribution in [3.63, 3.8) is 0 Å². The second kappa shape index (κ2) is 9.17. The number of rotatable bonds is 5. The van der Waals surface area contributed by atoms with Gasteiger partial charge in [-0.25, -0.2) is 0 Å². The number of esters is 1. The van der Waals surface area contributed by atoms with Crippen molar-refractivity contribution in [3.8, 4) is 0 Å². The maximum atomic E-state index is 13.4. The van der Waals surface area contributed by atoms with E-state index in [0.717, 1.165) is 34.9 Å². The molecule has 0 heterocycles. The summed E-state index contributed by atoms with van der Waals surface area (Å²) in [4.78, 5) is 38.6. The van der Waals surface area contributed by atoms with Crippen molar-refractivity contribution < 1.29 is 29.3 Å². The van der Waals surface area contributed by atoms with Gasteiger partial charge in [0, 0.05) is 16.3 Å². The molecule has 2 N–H and O–H groups in total. The lowest BCUT2D eigenvalue weighted by atomic mass is 9.45. The molecule has 3 saturated carbocycles. The topological polar surface area (TPSA) is 101 Å². The number of benzene rings is 1. The lowest BCUT2D eigenvalue weighted by molar-refractivity contribution is -0.201. The quantitative estimate of drug-likeness (QED) is 0.521. The number of ether oxygens (including phenoxy) is 1. The summed E-state index contributed by atoms with van der Waals surface area (Å²) in [6, 6.07) is 7.38. The van der Waals surface area contributed by atoms with Crippen LogP contribution in [0.5, 0.6) is 0 Å². The number of Topliss-reactive ketones (excluding diaryl/α,β-unsaturated/α-hetero) is 1. The van der Waals surface area contributed by atoms with Crippen molar-refractivity contribution in [1.82, 2.24) is 0 Å². The van der Waals surface area contributed by atoms with Gasteiger partial charge in [0.15, 0.2) is 11.4 Å². The standard InChI is InChI=1S/C29H35BrO6/c1-27-11-9-20(32)14-18(27)5-8-21-22-10-12-29(24(34)16-31,28(22,2)15-23(33)26(21)27)36-25(35)13-17-3-6-19(30)7-4-17/h3-4,6-7,14,21-23,26,31,33H,5,8-13,15-16H2,1-2H3/t21-,22-,23-,26+,27-,28-,29-/m0/s1. The summed E-state index contributed by atoms with van der Waals surface area (Å²) < 4.78 is 7.01. The fraction of sp³-hybridized carbons (Fsp3) is 0.621. The first-order chi connectivity index (χ1) is 17.0. The molecule has 36 heavy (non-hydrogen) atoms. The fourth-order valence-electron chi connectivity index (χ4n) is 8.48. The number of aliphatic hydroxyl groups is 2. The van der Waals surface area contributed by atoms with E-state index in [9.17, 15) is 24.6 Å². The highest BCUT2D eigenvalue weighted by Gasteiger charge is 2.70. The first-order valence-corrected chi connectivity index (χ1v) is 13.9. The van der Waals surface area contributed by atoms with Gasteiger partial charge in [0.2, 0.25) is 5.78 Å². The molecule has 7 atom stereocenters. The number of ketones is 2. The molecule has 4 aliphatic carbocycles. The Labute approximate surface area is 220 Å². The van der Waals surface area contributed by atoms with Crippen LogP contribution < -0.4 is 0 Å². The van der Waals surface area contributed by atoms with E-state index >= 15 is 0 Å².